The number of nitrogens with zero attached hydrogens (tertiary/aromatic N) is 2. The normalized spacial score (nSPS) is 11.3. The van der Waals surface area contributed by atoms with Gasteiger partial charge in [0.05, 0.1) is 16.4 Å². The molecule has 128 valence electrons. The number of hydrogen-bond acceptors (Lipinski definition) is 7. The van der Waals surface area contributed by atoms with Crippen molar-refractivity contribution in [2.24, 2.45) is 16.8 Å². The van der Waals surface area contributed by atoms with E-state index in [0.717, 1.165) is 22.6 Å². The molecule has 0 aliphatic heterocycles. The highest BCUT2D eigenvalue weighted by atomic mass is 32.1. The van der Waals surface area contributed by atoms with Crippen LogP contribution in [-0.4, -0.2) is 17.4 Å². The van der Waals surface area contributed by atoms with Crippen LogP contribution in [0.4, 0.5) is 5.69 Å². The third kappa shape index (κ3) is 4.00. The third-order valence-corrected chi connectivity index (χ3v) is 4.44. The largest absolute Gasteiger partial charge is 0.487 e. The Kier molecular flexibility index (Phi) is 6.10. The number of amidine groups is 1. The number of nitro groups is 1. The molecule has 0 spiro atoms. The Hall–Kier alpha value is -2.65. The minimum atomic E-state index is -0.437. The van der Waals surface area contributed by atoms with E-state index in [4.69, 9.17) is 16.4 Å². The molecule has 5 N–H and O–H groups in total. The molecule has 0 aliphatic carbocycles. The zero-order valence-corrected chi connectivity index (χ0v) is 14.0. The number of nitrogens with one attached hydrogen (secondary N) is 1. The van der Waals surface area contributed by atoms with Gasteiger partial charge in [-0.25, -0.2) is 5.84 Å². The fraction of sp³-hybridized carbons (Fsp3) is 0.267. The van der Waals surface area contributed by atoms with E-state index in [-0.39, 0.29) is 11.4 Å². The van der Waals surface area contributed by atoms with Crippen molar-refractivity contribution in [2.45, 2.75) is 19.8 Å². The lowest BCUT2D eigenvalue weighted by Crippen LogP contribution is -2.31. The Balaban J connectivity index is 2.31. The van der Waals surface area contributed by atoms with Crippen molar-refractivity contribution in [3.63, 3.8) is 0 Å². The molecule has 1 heterocycles. The first-order chi connectivity index (χ1) is 11.6. The van der Waals surface area contributed by atoms with Crippen LogP contribution >= 0.6 is 11.3 Å². The molecule has 0 aliphatic rings. The molecule has 0 fully saturated rings. The number of ether oxygens (including phenoxy) is 1. The van der Waals surface area contributed by atoms with Crippen molar-refractivity contribution in [3.05, 3.63) is 45.3 Å². The van der Waals surface area contributed by atoms with Crippen molar-refractivity contribution < 1.29 is 9.66 Å². The number of rotatable bonds is 7. The Bertz CT molecular complexity index is 744. The number of nitro benzene ring substituents is 1. The molecular formula is C15H19N5O3S. The second kappa shape index (κ2) is 8.27. The molecule has 0 atom stereocenters. The highest BCUT2D eigenvalue weighted by Gasteiger charge is 2.18. The Morgan fingerprint density at radius 2 is 2.21 bits per heavy atom. The zero-order valence-electron chi connectivity index (χ0n) is 13.2. The number of unbranched alkanes of at least 4 members (excludes halogenated alkanes) is 1. The summed E-state index contributed by atoms with van der Waals surface area (Å²) in [5.41, 5.74) is 3.07. The van der Waals surface area contributed by atoms with Gasteiger partial charge in [0.25, 0.3) is 0 Å². The second-order valence-electron chi connectivity index (χ2n) is 4.93. The Morgan fingerprint density at radius 1 is 1.42 bits per heavy atom. The second-order valence-corrected chi connectivity index (χ2v) is 6.01. The summed E-state index contributed by atoms with van der Waals surface area (Å²) in [5, 5.41) is 14.9. The van der Waals surface area contributed by atoms with Gasteiger partial charge in [0.15, 0.2) is 11.6 Å². The van der Waals surface area contributed by atoms with Crippen LogP contribution in [0.2, 0.25) is 0 Å². The zero-order chi connectivity index (χ0) is 17.5. The monoisotopic (exact) mass is 349 g/mol. The third-order valence-electron chi connectivity index (χ3n) is 3.30. The number of hydrazine groups is 1. The fourth-order valence-corrected chi connectivity index (χ4v) is 3.02. The van der Waals surface area contributed by atoms with Gasteiger partial charge >= 0.3 is 5.69 Å². The minimum Gasteiger partial charge on any atom is -0.487 e. The minimum absolute atomic E-state index is 0.0526. The number of benzene rings is 1. The van der Waals surface area contributed by atoms with Gasteiger partial charge in [-0.3, -0.25) is 10.1 Å². The van der Waals surface area contributed by atoms with E-state index in [1.54, 1.807) is 18.2 Å². The maximum absolute atomic E-state index is 11.3. The average Bonchev–Trinajstić information content (AvgIpc) is 3.06. The molecule has 0 saturated heterocycles. The summed E-state index contributed by atoms with van der Waals surface area (Å²) in [6.45, 7) is 2.49. The standard InChI is InChI=1S/C15H19N5O3S/c1-2-3-8-23-12-5-4-10(9-11(12)20(21)22)13-6-7-14(24-13)15(18-16)19-17/h4-7,9H,2-3,8,16-17H2,1H3,(H,18,19). The average molecular weight is 349 g/mol. The van der Waals surface area contributed by atoms with Gasteiger partial charge in [-0.05, 0) is 36.2 Å². The predicted molar refractivity (Wildman–Crippen MR) is 94.9 cm³/mol. The molecule has 8 nitrogen and oxygen atoms in total. The molecule has 2 aromatic rings. The van der Waals surface area contributed by atoms with Crippen molar-refractivity contribution in [1.82, 2.24) is 5.43 Å². The van der Waals surface area contributed by atoms with Crippen LogP contribution in [0.1, 0.15) is 24.6 Å². The van der Waals surface area contributed by atoms with Gasteiger partial charge in [0.1, 0.15) is 0 Å². The summed E-state index contributed by atoms with van der Waals surface area (Å²) in [4.78, 5) is 12.4. The SMILES string of the molecule is CCCCOc1ccc(-c2ccc(/C(=N/N)NN)s2)cc1[N+](=O)[O-]. The summed E-state index contributed by atoms with van der Waals surface area (Å²) in [5.74, 6) is 11.2. The predicted octanol–water partition coefficient (Wildman–Crippen LogP) is 2.59. The summed E-state index contributed by atoms with van der Waals surface area (Å²) in [7, 11) is 0. The van der Waals surface area contributed by atoms with E-state index < -0.39 is 4.92 Å². The summed E-state index contributed by atoms with van der Waals surface area (Å²) in [6, 6.07) is 8.55. The van der Waals surface area contributed by atoms with Crippen LogP contribution in [0.3, 0.4) is 0 Å². The Labute approximate surface area is 143 Å². The lowest BCUT2D eigenvalue weighted by molar-refractivity contribution is -0.385. The number of hydrogen-bond donors (Lipinski definition) is 3. The van der Waals surface area contributed by atoms with E-state index in [1.165, 1.54) is 17.4 Å². The van der Waals surface area contributed by atoms with Crippen molar-refractivity contribution in [2.75, 3.05) is 6.61 Å². The van der Waals surface area contributed by atoms with Gasteiger partial charge in [-0.1, -0.05) is 13.3 Å². The maximum Gasteiger partial charge on any atom is 0.311 e. The lowest BCUT2D eigenvalue weighted by Gasteiger charge is -2.07. The van der Waals surface area contributed by atoms with Crippen molar-refractivity contribution in [3.8, 4) is 16.2 Å². The highest BCUT2D eigenvalue weighted by molar-refractivity contribution is 7.17. The molecule has 2 rings (SSSR count). The molecule has 0 amide bonds. The van der Waals surface area contributed by atoms with Gasteiger partial charge in [0, 0.05) is 10.9 Å². The topological polar surface area (TPSA) is 129 Å². The molecule has 0 bridgehead atoms. The van der Waals surface area contributed by atoms with E-state index in [0.29, 0.717) is 18.0 Å². The lowest BCUT2D eigenvalue weighted by atomic mass is 10.1. The molecule has 1 aromatic carbocycles. The van der Waals surface area contributed by atoms with E-state index in [2.05, 4.69) is 10.5 Å². The van der Waals surface area contributed by atoms with Crippen LogP contribution in [-0.2, 0) is 0 Å². The number of thiophene rings is 1. The molecular weight excluding hydrogens is 330 g/mol. The van der Waals surface area contributed by atoms with Gasteiger partial charge in [-0.15, -0.1) is 11.3 Å². The van der Waals surface area contributed by atoms with Gasteiger partial charge < -0.3 is 16.0 Å². The number of hydrazone groups is 1. The van der Waals surface area contributed by atoms with E-state index in [9.17, 15) is 10.1 Å². The first kappa shape index (κ1) is 17.7. The van der Waals surface area contributed by atoms with Gasteiger partial charge in [-0.2, -0.15) is 5.10 Å². The molecule has 1 aromatic heterocycles. The summed E-state index contributed by atoms with van der Waals surface area (Å²) >= 11 is 1.37. The van der Waals surface area contributed by atoms with Crippen LogP contribution in [0, 0.1) is 10.1 Å². The molecule has 9 heteroatoms. The summed E-state index contributed by atoms with van der Waals surface area (Å²) < 4.78 is 5.51. The maximum atomic E-state index is 11.3. The van der Waals surface area contributed by atoms with Crippen LogP contribution < -0.4 is 21.8 Å². The molecule has 0 saturated carbocycles. The molecule has 24 heavy (non-hydrogen) atoms. The fourth-order valence-electron chi connectivity index (χ4n) is 2.05. The van der Waals surface area contributed by atoms with Crippen molar-refractivity contribution in [1.29, 1.82) is 0 Å². The van der Waals surface area contributed by atoms with Crippen LogP contribution in [0.25, 0.3) is 10.4 Å². The van der Waals surface area contributed by atoms with Crippen LogP contribution in [0.15, 0.2) is 35.4 Å². The van der Waals surface area contributed by atoms with Gasteiger partial charge in [0.2, 0.25) is 0 Å². The Morgan fingerprint density at radius 3 is 2.83 bits per heavy atom. The van der Waals surface area contributed by atoms with E-state index in [1.807, 2.05) is 13.0 Å². The quantitative estimate of drug-likeness (QED) is 0.176. The van der Waals surface area contributed by atoms with Crippen molar-refractivity contribution >= 4 is 22.9 Å². The first-order valence-corrected chi connectivity index (χ1v) is 8.18. The van der Waals surface area contributed by atoms with Crippen LogP contribution in [0.5, 0.6) is 5.75 Å². The van der Waals surface area contributed by atoms with E-state index >= 15 is 0 Å². The molecule has 0 radical (unpaired) electrons. The highest BCUT2D eigenvalue weighted by Crippen LogP contribution is 2.35. The smallest absolute Gasteiger partial charge is 0.311 e. The first-order valence-electron chi connectivity index (χ1n) is 7.37. The molecule has 0 unspecified atom stereocenters. The summed E-state index contributed by atoms with van der Waals surface area (Å²) in [6.07, 6.45) is 1.81. The number of nitrogens with two attached hydrogens (primary N) is 2.